The summed E-state index contributed by atoms with van der Waals surface area (Å²) >= 11 is 0. The second-order valence-corrected chi connectivity index (χ2v) is 12.2. The van der Waals surface area contributed by atoms with E-state index in [1.807, 2.05) is 31.2 Å². The third kappa shape index (κ3) is 9.16. The topological polar surface area (TPSA) is 26.3 Å². The Morgan fingerprint density at radius 2 is 1.82 bits per heavy atom. The van der Waals surface area contributed by atoms with Gasteiger partial charge in [-0.2, -0.15) is 0 Å². The van der Waals surface area contributed by atoms with Crippen LogP contribution in [-0.4, -0.2) is 20.7 Å². The summed E-state index contributed by atoms with van der Waals surface area (Å²) < 4.78 is 6.02. The summed E-state index contributed by atoms with van der Waals surface area (Å²) in [6.45, 7) is 15.7. The molecule has 0 radical (unpaired) electrons. The highest BCUT2D eigenvalue weighted by Crippen LogP contribution is 2.36. The van der Waals surface area contributed by atoms with Crippen LogP contribution in [0.4, 0.5) is 0 Å². The fourth-order valence-corrected chi connectivity index (χ4v) is 2.59. The molecule has 0 aliphatic rings. The lowest BCUT2D eigenvalue weighted by atomic mass is 10.0. The Bertz CT molecular complexity index is 412. The van der Waals surface area contributed by atoms with Crippen LogP contribution in [0.3, 0.4) is 0 Å². The van der Waals surface area contributed by atoms with E-state index in [0.717, 1.165) is 6.42 Å². The summed E-state index contributed by atoms with van der Waals surface area (Å²) in [5, 5.41) is 0.207. The lowest BCUT2D eigenvalue weighted by molar-refractivity contribution is -0.115. The molecule has 0 amide bonds. The number of hydrogen-bond acceptors (Lipinski definition) is 2. The average molecular weight is 323 g/mol. The molecule has 0 rings (SSSR count). The van der Waals surface area contributed by atoms with Crippen molar-refractivity contribution in [3.05, 3.63) is 36.5 Å². The fraction of sp³-hybridized carbons (Fsp3) is 0.632. The second-order valence-electron chi connectivity index (χ2n) is 7.44. The number of hydrogen-bond donors (Lipinski definition) is 0. The van der Waals surface area contributed by atoms with Crippen molar-refractivity contribution in [1.82, 2.24) is 0 Å². The Balaban J connectivity index is 4.12. The average Bonchev–Trinajstić information content (AvgIpc) is 2.38. The Labute approximate surface area is 138 Å². The standard InChI is InChI=1S/C19H34O2Si/c1-8-9-10-11-13-17(2)16-18(20)14-12-15-21-22(6,7)19(3,4)5/h8-12,14,17H,13,15-16H2,1-7H3/b9-8+,11-10+,14-12-. The van der Waals surface area contributed by atoms with Crippen LogP contribution in [0.1, 0.15) is 47.5 Å². The summed E-state index contributed by atoms with van der Waals surface area (Å²) in [6.07, 6.45) is 13.2. The van der Waals surface area contributed by atoms with Gasteiger partial charge in [-0.05, 0) is 43.5 Å². The van der Waals surface area contributed by atoms with E-state index in [2.05, 4.69) is 46.9 Å². The van der Waals surface area contributed by atoms with Gasteiger partial charge in [-0.3, -0.25) is 4.79 Å². The SMILES string of the molecule is C/C=C/C=C/CC(C)CC(=O)/C=C\CO[Si](C)(C)C(C)(C)C. The van der Waals surface area contributed by atoms with Crippen LogP contribution in [0.25, 0.3) is 0 Å². The molecule has 3 heteroatoms. The highest BCUT2D eigenvalue weighted by molar-refractivity contribution is 6.74. The molecular weight excluding hydrogens is 288 g/mol. The minimum atomic E-state index is -1.71. The summed E-state index contributed by atoms with van der Waals surface area (Å²) in [7, 11) is -1.71. The molecule has 0 aliphatic carbocycles. The fourth-order valence-electron chi connectivity index (χ4n) is 1.65. The lowest BCUT2D eigenvalue weighted by Crippen LogP contribution is -2.40. The first-order valence-electron chi connectivity index (χ1n) is 8.21. The van der Waals surface area contributed by atoms with Gasteiger partial charge in [0.1, 0.15) is 0 Å². The lowest BCUT2D eigenvalue weighted by Gasteiger charge is -2.35. The number of carbonyl (C=O) groups is 1. The monoisotopic (exact) mass is 322 g/mol. The van der Waals surface area contributed by atoms with Gasteiger partial charge in [0, 0.05) is 6.42 Å². The Morgan fingerprint density at radius 1 is 1.18 bits per heavy atom. The molecule has 0 aliphatic heterocycles. The van der Waals surface area contributed by atoms with Crippen LogP contribution in [-0.2, 0) is 9.22 Å². The van der Waals surface area contributed by atoms with Crippen molar-refractivity contribution in [2.45, 2.75) is 65.6 Å². The van der Waals surface area contributed by atoms with E-state index in [4.69, 9.17) is 4.43 Å². The minimum absolute atomic E-state index is 0.186. The summed E-state index contributed by atoms with van der Waals surface area (Å²) in [5.41, 5.74) is 0. The Morgan fingerprint density at radius 3 is 2.36 bits per heavy atom. The summed E-state index contributed by atoms with van der Waals surface area (Å²) in [4.78, 5) is 11.9. The third-order valence-electron chi connectivity index (χ3n) is 4.18. The van der Waals surface area contributed by atoms with Gasteiger partial charge in [0.2, 0.25) is 0 Å². The number of carbonyl (C=O) groups excluding carboxylic acids is 1. The molecule has 0 heterocycles. The Kier molecular flexibility index (Phi) is 9.54. The van der Waals surface area contributed by atoms with Gasteiger partial charge >= 0.3 is 0 Å². The van der Waals surface area contributed by atoms with Crippen LogP contribution in [0, 0.1) is 5.92 Å². The van der Waals surface area contributed by atoms with Gasteiger partial charge in [0.15, 0.2) is 14.1 Å². The quantitative estimate of drug-likeness (QED) is 0.310. The maximum absolute atomic E-state index is 11.9. The maximum atomic E-state index is 11.9. The van der Waals surface area contributed by atoms with Gasteiger partial charge in [-0.25, -0.2) is 0 Å². The molecule has 0 bridgehead atoms. The van der Waals surface area contributed by atoms with Crippen LogP contribution < -0.4 is 0 Å². The molecule has 0 saturated heterocycles. The molecule has 0 aromatic carbocycles. The van der Waals surface area contributed by atoms with Crippen molar-refractivity contribution in [2.24, 2.45) is 5.92 Å². The Hall–Kier alpha value is -0.933. The van der Waals surface area contributed by atoms with Crippen molar-refractivity contribution < 1.29 is 9.22 Å². The van der Waals surface area contributed by atoms with Gasteiger partial charge in [0.25, 0.3) is 0 Å². The zero-order chi connectivity index (χ0) is 17.2. The summed E-state index contributed by atoms with van der Waals surface area (Å²) in [6, 6.07) is 0. The van der Waals surface area contributed by atoms with Gasteiger partial charge in [0.05, 0.1) is 6.61 Å². The smallest absolute Gasteiger partial charge is 0.192 e. The maximum Gasteiger partial charge on any atom is 0.192 e. The number of rotatable bonds is 9. The van der Waals surface area contributed by atoms with Crippen molar-refractivity contribution in [3.63, 3.8) is 0 Å². The van der Waals surface area contributed by atoms with Crippen molar-refractivity contribution in [3.8, 4) is 0 Å². The van der Waals surface area contributed by atoms with E-state index in [1.54, 1.807) is 6.08 Å². The second kappa shape index (κ2) is 9.96. The highest BCUT2D eigenvalue weighted by atomic mass is 28.4. The molecule has 2 nitrogen and oxygen atoms in total. The molecule has 0 N–H and O–H groups in total. The van der Waals surface area contributed by atoms with Crippen LogP contribution in [0.15, 0.2) is 36.5 Å². The molecule has 1 atom stereocenters. The van der Waals surface area contributed by atoms with Gasteiger partial charge in [-0.15, -0.1) is 0 Å². The van der Waals surface area contributed by atoms with Crippen molar-refractivity contribution in [2.75, 3.05) is 6.61 Å². The normalized spacial score (nSPS) is 15.2. The molecule has 22 heavy (non-hydrogen) atoms. The molecule has 0 aromatic heterocycles. The van der Waals surface area contributed by atoms with Crippen LogP contribution in [0.5, 0.6) is 0 Å². The molecule has 0 fully saturated rings. The molecule has 0 aromatic rings. The van der Waals surface area contributed by atoms with Crippen molar-refractivity contribution in [1.29, 1.82) is 0 Å². The first kappa shape index (κ1) is 21.1. The summed E-state index contributed by atoms with van der Waals surface area (Å²) in [5.74, 6) is 0.561. The predicted molar refractivity (Wildman–Crippen MR) is 99.6 cm³/mol. The van der Waals surface area contributed by atoms with E-state index in [1.165, 1.54) is 0 Å². The largest absolute Gasteiger partial charge is 0.413 e. The number of ketones is 1. The molecule has 1 unspecified atom stereocenters. The zero-order valence-electron chi connectivity index (χ0n) is 15.5. The zero-order valence-corrected chi connectivity index (χ0v) is 16.5. The van der Waals surface area contributed by atoms with E-state index >= 15 is 0 Å². The first-order valence-corrected chi connectivity index (χ1v) is 11.1. The first-order chi connectivity index (χ1) is 10.1. The van der Waals surface area contributed by atoms with Gasteiger partial charge in [-0.1, -0.05) is 58.1 Å². The van der Waals surface area contributed by atoms with Crippen molar-refractivity contribution >= 4 is 14.1 Å². The van der Waals surface area contributed by atoms with E-state index in [9.17, 15) is 4.79 Å². The molecule has 0 spiro atoms. The minimum Gasteiger partial charge on any atom is -0.413 e. The van der Waals surface area contributed by atoms with E-state index in [-0.39, 0.29) is 10.8 Å². The predicted octanol–water partition coefficient (Wildman–Crippen LogP) is 5.68. The van der Waals surface area contributed by atoms with Crippen LogP contribution in [0.2, 0.25) is 18.1 Å². The molecular formula is C19H34O2Si. The van der Waals surface area contributed by atoms with E-state index in [0.29, 0.717) is 18.9 Å². The van der Waals surface area contributed by atoms with Crippen LogP contribution >= 0.6 is 0 Å². The molecule has 126 valence electrons. The molecule has 0 saturated carbocycles. The highest BCUT2D eigenvalue weighted by Gasteiger charge is 2.36. The third-order valence-corrected chi connectivity index (χ3v) is 8.68. The number of allylic oxidation sites excluding steroid dienone is 5. The van der Waals surface area contributed by atoms with Gasteiger partial charge < -0.3 is 4.43 Å². The van der Waals surface area contributed by atoms with E-state index < -0.39 is 8.32 Å².